The lowest BCUT2D eigenvalue weighted by molar-refractivity contribution is 0.0957. The molecule has 0 aliphatic carbocycles. The molecule has 1 saturated heterocycles. The Balaban J connectivity index is 2.33. The average Bonchev–Trinajstić information content (AvgIpc) is 2.74. The number of hydrogen-bond acceptors (Lipinski definition) is 4. The second kappa shape index (κ2) is 4.80. The molecule has 1 aromatic heterocycles. The zero-order valence-corrected chi connectivity index (χ0v) is 9.96. The van der Waals surface area contributed by atoms with Crippen molar-refractivity contribution < 1.29 is 4.74 Å². The molecule has 1 atom stereocenters. The molecular weight excluding hydrogens is 242 g/mol. The minimum atomic E-state index is -0.550. The number of H-pyrrole nitrogens is 1. The van der Waals surface area contributed by atoms with Crippen LogP contribution in [0.4, 0.5) is 0 Å². The van der Waals surface area contributed by atoms with Crippen LogP contribution in [0, 0.1) is 0 Å². The molecular formula is C10H13N3O3S. The molecule has 3 N–H and O–H groups in total. The van der Waals surface area contributed by atoms with Crippen molar-refractivity contribution >= 4 is 17.2 Å². The van der Waals surface area contributed by atoms with Crippen molar-refractivity contribution in [2.24, 2.45) is 5.73 Å². The van der Waals surface area contributed by atoms with E-state index in [1.807, 2.05) is 0 Å². The number of thiocarbonyl (C=S) groups is 1. The Kier molecular flexibility index (Phi) is 3.39. The summed E-state index contributed by atoms with van der Waals surface area (Å²) >= 11 is 4.75. The first kappa shape index (κ1) is 12.0. The van der Waals surface area contributed by atoms with Gasteiger partial charge in [0.05, 0.1) is 18.2 Å². The molecule has 0 amide bonds. The smallest absolute Gasteiger partial charge is 0.328 e. The van der Waals surface area contributed by atoms with E-state index in [9.17, 15) is 9.59 Å². The maximum Gasteiger partial charge on any atom is 0.328 e. The van der Waals surface area contributed by atoms with E-state index >= 15 is 0 Å². The number of aromatic amines is 1. The van der Waals surface area contributed by atoms with Crippen molar-refractivity contribution in [3.8, 4) is 0 Å². The highest BCUT2D eigenvalue weighted by Gasteiger charge is 2.17. The van der Waals surface area contributed by atoms with Crippen LogP contribution in [-0.4, -0.2) is 27.3 Å². The molecule has 1 unspecified atom stereocenters. The largest absolute Gasteiger partial charge is 0.389 e. The Morgan fingerprint density at radius 2 is 2.41 bits per heavy atom. The lowest BCUT2D eigenvalue weighted by Gasteiger charge is -2.11. The number of nitrogens with zero attached hydrogens (tertiary/aromatic N) is 1. The molecule has 0 bridgehead atoms. The highest BCUT2D eigenvalue weighted by Crippen LogP contribution is 2.12. The lowest BCUT2D eigenvalue weighted by atomic mass is 10.2. The summed E-state index contributed by atoms with van der Waals surface area (Å²) in [6.07, 6.45) is 3.31. The van der Waals surface area contributed by atoms with E-state index in [0.717, 1.165) is 12.8 Å². The number of rotatable bonds is 3. The molecule has 0 saturated carbocycles. The first-order valence-electron chi connectivity index (χ1n) is 5.33. The molecule has 0 spiro atoms. The zero-order chi connectivity index (χ0) is 12.4. The summed E-state index contributed by atoms with van der Waals surface area (Å²) in [7, 11) is 0. The van der Waals surface area contributed by atoms with Crippen LogP contribution in [0.25, 0.3) is 0 Å². The van der Waals surface area contributed by atoms with Crippen molar-refractivity contribution in [1.82, 2.24) is 9.55 Å². The van der Waals surface area contributed by atoms with E-state index in [1.165, 1.54) is 10.8 Å². The van der Waals surface area contributed by atoms with Crippen LogP contribution in [0.2, 0.25) is 0 Å². The van der Waals surface area contributed by atoms with Gasteiger partial charge in [0, 0.05) is 12.8 Å². The van der Waals surface area contributed by atoms with Crippen LogP contribution in [0.5, 0.6) is 0 Å². The number of nitrogens with two attached hydrogens (primary N) is 1. The Hall–Kier alpha value is -1.47. The maximum absolute atomic E-state index is 11.6. The summed E-state index contributed by atoms with van der Waals surface area (Å²) in [5.74, 6) is 0. The van der Waals surface area contributed by atoms with E-state index in [4.69, 9.17) is 22.7 Å². The van der Waals surface area contributed by atoms with E-state index in [2.05, 4.69) is 4.98 Å². The molecule has 1 aliphatic heterocycles. The third-order valence-electron chi connectivity index (χ3n) is 2.70. The fourth-order valence-electron chi connectivity index (χ4n) is 1.83. The minimum absolute atomic E-state index is 0.0118. The van der Waals surface area contributed by atoms with Gasteiger partial charge in [0.1, 0.15) is 4.99 Å². The monoisotopic (exact) mass is 255 g/mol. The number of aromatic nitrogens is 2. The van der Waals surface area contributed by atoms with Crippen LogP contribution in [0.1, 0.15) is 18.4 Å². The molecule has 2 rings (SSSR count). The Labute approximate surface area is 102 Å². The van der Waals surface area contributed by atoms with Gasteiger partial charge in [0.25, 0.3) is 5.56 Å². The molecule has 1 aliphatic rings. The lowest BCUT2D eigenvalue weighted by Crippen LogP contribution is -2.36. The predicted octanol–water partition coefficient (Wildman–Crippen LogP) is -0.650. The van der Waals surface area contributed by atoms with Gasteiger partial charge in [-0.15, -0.1) is 0 Å². The van der Waals surface area contributed by atoms with Crippen molar-refractivity contribution in [2.45, 2.75) is 25.5 Å². The third-order valence-corrected chi connectivity index (χ3v) is 2.92. The van der Waals surface area contributed by atoms with E-state index in [-0.39, 0.29) is 16.7 Å². The topological polar surface area (TPSA) is 90.1 Å². The fourth-order valence-corrected chi connectivity index (χ4v) is 1.97. The zero-order valence-electron chi connectivity index (χ0n) is 9.14. The Bertz CT molecular complexity index is 542. The van der Waals surface area contributed by atoms with Crippen LogP contribution in [0.3, 0.4) is 0 Å². The molecule has 0 aromatic carbocycles. The standard InChI is InChI=1S/C10H13N3O3S/c11-8(17)7-5-13(10(15)12-9(7)14)4-6-2-1-3-16-6/h5-6H,1-4H2,(H2,11,17)(H,12,14,15). The second-order valence-electron chi connectivity index (χ2n) is 3.95. The molecule has 0 radical (unpaired) electrons. The number of hydrogen-bond donors (Lipinski definition) is 2. The summed E-state index contributed by atoms with van der Waals surface area (Å²) in [5.41, 5.74) is 4.54. The third kappa shape index (κ3) is 2.62. The van der Waals surface area contributed by atoms with Gasteiger partial charge in [0.15, 0.2) is 0 Å². The van der Waals surface area contributed by atoms with Crippen LogP contribution in [0.15, 0.2) is 15.8 Å². The highest BCUT2D eigenvalue weighted by molar-refractivity contribution is 7.80. The molecule has 6 nitrogen and oxygen atoms in total. The Morgan fingerprint density at radius 3 is 3.00 bits per heavy atom. The molecule has 17 heavy (non-hydrogen) atoms. The van der Waals surface area contributed by atoms with Crippen LogP contribution >= 0.6 is 12.2 Å². The molecule has 2 heterocycles. The quantitative estimate of drug-likeness (QED) is 0.700. The van der Waals surface area contributed by atoms with Gasteiger partial charge in [-0.3, -0.25) is 14.3 Å². The summed E-state index contributed by atoms with van der Waals surface area (Å²) < 4.78 is 6.81. The summed E-state index contributed by atoms with van der Waals surface area (Å²) in [6.45, 7) is 1.12. The normalized spacial score (nSPS) is 19.4. The van der Waals surface area contributed by atoms with E-state index in [0.29, 0.717) is 13.2 Å². The molecule has 1 aromatic rings. The van der Waals surface area contributed by atoms with Gasteiger partial charge >= 0.3 is 5.69 Å². The predicted molar refractivity (Wildman–Crippen MR) is 66.2 cm³/mol. The van der Waals surface area contributed by atoms with Crippen molar-refractivity contribution in [3.05, 3.63) is 32.6 Å². The highest BCUT2D eigenvalue weighted by atomic mass is 32.1. The second-order valence-corrected chi connectivity index (χ2v) is 4.39. The summed E-state index contributed by atoms with van der Waals surface area (Å²) in [6, 6.07) is 0. The van der Waals surface area contributed by atoms with E-state index < -0.39 is 11.2 Å². The number of ether oxygens (including phenoxy) is 1. The van der Waals surface area contributed by atoms with Gasteiger partial charge < -0.3 is 10.5 Å². The van der Waals surface area contributed by atoms with Crippen molar-refractivity contribution in [1.29, 1.82) is 0 Å². The Morgan fingerprint density at radius 1 is 1.65 bits per heavy atom. The van der Waals surface area contributed by atoms with Gasteiger partial charge in [-0.2, -0.15) is 0 Å². The average molecular weight is 255 g/mol. The minimum Gasteiger partial charge on any atom is -0.389 e. The van der Waals surface area contributed by atoms with E-state index in [1.54, 1.807) is 0 Å². The first-order chi connectivity index (χ1) is 8.08. The SMILES string of the molecule is NC(=S)c1cn(CC2CCCO2)c(=O)[nH]c1=O. The molecule has 1 fully saturated rings. The molecule has 92 valence electrons. The van der Waals surface area contributed by atoms with Gasteiger partial charge in [-0.05, 0) is 12.8 Å². The first-order valence-corrected chi connectivity index (χ1v) is 5.74. The van der Waals surface area contributed by atoms with Crippen LogP contribution < -0.4 is 17.0 Å². The number of nitrogens with one attached hydrogen (secondary N) is 1. The maximum atomic E-state index is 11.6. The summed E-state index contributed by atoms with van der Waals surface area (Å²) in [5, 5.41) is 0. The van der Waals surface area contributed by atoms with Crippen molar-refractivity contribution in [2.75, 3.05) is 6.61 Å². The van der Waals surface area contributed by atoms with Crippen molar-refractivity contribution in [3.63, 3.8) is 0 Å². The van der Waals surface area contributed by atoms with Gasteiger partial charge in [-0.1, -0.05) is 12.2 Å². The van der Waals surface area contributed by atoms with Gasteiger partial charge in [0.2, 0.25) is 0 Å². The summed E-state index contributed by atoms with van der Waals surface area (Å²) in [4.78, 5) is 25.1. The fraction of sp³-hybridized carbons (Fsp3) is 0.500. The van der Waals surface area contributed by atoms with Crippen LogP contribution in [-0.2, 0) is 11.3 Å². The molecule has 7 heteroatoms. The van der Waals surface area contributed by atoms with Gasteiger partial charge in [-0.25, -0.2) is 4.79 Å².